The van der Waals surface area contributed by atoms with E-state index in [4.69, 9.17) is 0 Å². The Balaban J connectivity index is 1.87. The monoisotopic (exact) mass is 303 g/mol. The van der Waals surface area contributed by atoms with Gasteiger partial charge in [0.25, 0.3) is 0 Å². The quantitative estimate of drug-likeness (QED) is 0.928. The van der Waals surface area contributed by atoms with E-state index in [1.807, 2.05) is 5.51 Å². The van der Waals surface area contributed by atoms with Crippen molar-refractivity contribution >= 4 is 27.2 Å². The molecule has 1 aromatic carbocycles. The van der Waals surface area contributed by atoms with Gasteiger partial charge in [0.15, 0.2) is 0 Å². The first kappa shape index (κ1) is 14.8. The van der Waals surface area contributed by atoms with Gasteiger partial charge in [0.05, 0.1) is 15.7 Å². The van der Waals surface area contributed by atoms with Crippen molar-refractivity contribution in [2.24, 2.45) is 5.92 Å². The second-order valence-corrected chi connectivity index (χ2v) is 7.01. The van der Waals surface area contributed by atoms with Gasteiger partial charge in [-0.1, -0.05) is 27.2 Å². The summed E-state index contributed by atoms with van der Waals surface area (Å²) in [5.41, 5.74) is 4.41. The Morgan fingerprint density at radius 1 is 1.43 bits per heavy atom. The molecule has 1 aliphatic heterocycles. The van der Waals surface area contributed by atoms with Crippen LogP contribution in [0, 0.1) is 5.92 Å². The highest BCUT2D eigenvalue weighted by Crippen LogP contribution is 2.28. The van der Waals surface area contributed by atoms with E-state index >= 15 is 0 Å². The highest BCUT2D eigenvalue weighted by molar-refractivity contribution is 7.16. The molecule has 3 rings (SSSR count). The Kier molecular flexibility index (Phi) is 4.45. The van der Waals surface area contributed by atoms with E-state index in [1.165, 1.54) is 23.2 Å². The molecule has 0 bridgehead atoms. The predicted octanol–water partition coefficient (Wildman–Crippen LogP) is 3.90. The maximum Gasteiger partial charge on any atom is 0.0813 e. The van der Waals surface area contributed by atoms with Crippen LogP contribution in [-0.2, 0) is 0 Å². The molecular formula is C17H25N3S. The van der Waals surface area contributed by atoms with Crippen LogP contribution in [0.4, 0.5) is 5.69 Å². The Hall–Kier alpha value is -1.13. The molecule has 2 heterocycles. The Morgan fingerprint density at radius 2 is 2.29 bits per heavy atom. The van der Waals surface area contributed by atoms with Crippen LogP contribution in [0.15, 0.2) is 23.7 Å². The number of benzene rings is 1. The average Bonchev–Trinajstić information content (AvgIpc) is 3.01. The predicted molar refractivity (Wildman–Crippen MR) is 92.3 cm³/mol. The van der Waals surface area contributed by atoms with Crippen LogP contribution in [0.2, 0.25) is 0 Å². The Bertz CT molecular complexity index is 594. The fraction of sp³-hybridized carbons (Fsp3) is 0.588. The molecule has 3 nitrogen and oxygen atoms in total. The lowest BCUT2D eigenvalue weighted by Gasteiger charge is -2.43. The lowest BCUT2D eigenvalue weighted by molar-refractivity contribution is 0.306. The molecule has 1 aromatic heterocycles. The summed E-state index contributed by atoms with van der Waals surface area (Å²) < 4.78 is 1.29. The molecule has 1 aliphatic rings. The van der Waals surface area contributed by atoms with Crippen molar-refractivity contribution in [3.8, 4) is 0 Å². The topological polar surface area (TPSA) is 28.2 Å². The molecule has 1 N–H and O–H groups in total. The summed E-state index contributed by atoms with van der Waals surface area (Å²) in [4.78, 5) is 6.99. The van der Waals surface area contributed by atoms with Crippen molar-refractivity contribution < 1.29 is 0 Å². The molecule has 21 heavy (non-hydrogen) atoms. The summed E-state index contributed by atoms with van der Waals surface area (Å²) in [6.07, 6.45) is 2.41. The summed E-state index contributed by atoms with van der Waals surface area (Å²) in [7, 11) is 0. The second kappa shape index (κ2) is 6.32. The SMILES string of the molecule is CCC(C)C1CN(c2ccc3ncsc3c2)C(CC)CN1. The van der Waals surface area contributed by atoms with Crippen LogP contribution in [0.5, 0.6) is 0 Å². The zero-order valence-electron chi connectivity index (χ0n) is 13.2. The second-order valence-electron chi connectivity index (χ2n) is 6.12. The van der Waals surface area contributed by atoms with E-state index in [0.717, 1.165) is 24.5 Å². The summed E-state index contributed by atoms with van der Waals surface area (Å²) >= 11 is 1.73. The van der Waals surface area contributed by atoms with Crippen LogP contribution in [0.3, 0.4) is 0 Å². The number of nitrogens with zero attached hydrogens (tertiary/aromatic N) is 2. The van der Waals surface area contributed by atoms with Crippen LogP contribution in [0.1, 0.15) is 33.6 Å². The number of piperazine rings is 1. The fourth-order valence-electron chi connectivity index (χ4n) is 3.19. The van der Waals surface area contributed by atoms with Crippen molar-refractivity contribution in [2.45, 2.75) is 45.7 Å². The molecule has 4 heteroatoms. The lowest BCUT2D eigenvalue weighted by Crippen LogP contribution is -2.58. The number of fused-ring (bicyclic) bond motifs is 1. The normalized spacial score (nSPS) is 24.4. The molecule has 1 fully saturated rings. The third kappa shape index (κ3) is 2.92. The van der Waals surface area contributed by atoms with E-state index in [1.54, 1.807) is 11.3 Å². The molecule has 0 radical (unpaired) electrons. The maximum atomic E-state index is 4.39. The van der Waals surface area contributed by atoms with Gasteiger partial charge in [-0.2, -0.15) is 0 Å². The first-order valence-electron chi connectivity index (χ1n) is 8.06. The summed E-state index contributed by atoms with van der Waals surface area (Å²) in [5.74, 6) is 0.720. The molecule has 1 saturated heterocycles. The van der Waals surface area contributed by atoms with Gasteiger partial charge in [0, 0.05) is 30.9 Å². The van der Waals surface area contributed by atoms with Crippen molar-refractivity contribution in [3.63, 3.8) is 0 Å². The first-order valence-corrected chi connectivity index (χ1v) is 8.94. The Labute approximate surface area is 131 Å². The number of anilines is 1. The number of thiazole rings is 1. The highest BCUT2D eigenvalue weighted by Gasteiger charge is 2.29. The standard InChI is InChI=1S/C17H25N3S/c1-4-12(3)16-10-20(13(5-2)9-18-16)14-6-7-15-17(8-14)21-11-19-15/h6-8,11-13,16,18H,4-5,9-10H2,1-3H3. The molecule has 2 aromatic rings. The number of rotatable bonds is 4. The molecule has 0 aliphatic carbocycles. The zero-order valence-corrected chi connectivity index (χ0v) is 14.0. The van der Waals surface area contributed by atoms with E-state index in [2.05, 4.69) is 54.2 Å². The van der Waals surface area contributed by atoms with Crippen molar-refractivity contribution in [1.29, 1.82) is 0 Å². The number of nitrogens with one attached hydrogen (secondary N) is 1. The Morgan fingerprint density at radius 3 is 3.05 bits per heavy atom. The number of hydrogen-bond acceptors (Lipinski definition) is 4. The van der Waals surface area contributed by atoms with Gasteiger partial charge in [-0.15, -0.1) is 11.3 Å². The summed E-state index contributed by atoms with van der Waals surface area (Å²) in [6.45, 7) is 9.12. The highest BCUT2D eigenvalue weighted by atomic mass is 32.1. The third-order valence-corrected chi connectivity index (χ3v) is 5.69. The number of aromatic nitrogens is 1. The van der Waals surface area contributed by atoms with Crippen molar-refractivity contribution in [1.82, 2.24) is 10.3 Å². The molecule has 3 unspecified atom stereocenters. The molecule has 3 atom stereocenters. The minimum absolute atomic E-state index is 0.593. The van der Waals surface area contributed by atoms with Gasteiger partial charge >= 0.3 is 0 Å². The van der Waals surface area contributed by atoms with E-state index in [0.29, 0.717) is 12.1 Å². The minimum Gasteiger partial charge on any atom is -0.366 e. The smallest absolute Gasteiger partial charge is 0.0813 e. The third-order valence-electron chi connectivity index (χ3n) is 4.90. The van der Waals surface area contributed by atoms with E-state index < -0.39 is 0 Å². The van der Waals surface area contributed by atoms with Gasteiger partial charge in [-0.25, -0.2) is 4.98 Å². The van der Waals surface area contributed by atoms with E-state index in [-0.39, 0.29) is 0 Å². The van der Waals surface area contributed by atoms with Gasteiger partial charge < -0.3 is 10.2 Å². The lowest BCUT2D eigenvalue weighted by atomic mass is 9.94. The largest absolute Gasteiger partial charge is 0.366 e. The number of hydrogen-bond donors (Lipinski definition) is 1. The van der Waals surface area contributed by atoms with Gasteiger partial charge in [0.2, 0.25) is 0 Å². The van der Waals surface area contributed by atoms with Crippen LogP contribution < -0.4 is 10.2 Å². The van der Waals surface area contributed by atoms with Crippen LogP contribution in [0.25, 0.3) is 10.2 Å². The molecule has 0 amide bonds. The maximum absolute atomic E-state index is 4.39. The molecule has 0 saturated carbocycles. The first-order chi connectivity index (χ1) is 10.2. The minimum atomic E-state index is 0.593. The van der Waals surface area contributed by atoms with Crippen molar-refractivity contribution in [3.05, 3.63) is 23.7 Å². The molecular weight excluding hydrogens is 278 g/mol. The van der Waals surface area contributed by atoms with Crippen LogP contribution in [-0.4, -0.2) is 30.2 Å². The van der Waals surface area contributed by atoms with Crippen molar-refractivity contribution in [2.75, 3.05) is 18.0 Å². The molecule has 0 spiro atoms. The van der Waals surface area contributed by atoms with E-state index in [9.17, 15) is 0 Å². The summed E-state index contributed by atoms with van der Waals surface area (Å²) in [5, 5.41) is 3.75. The average molecular weight is 303 g/mol. The van der Waals surface area contributed by atoms with Gasteiger partial charge in [-0.05, 0) is 30.5 Å². The summed E-state index contributed by atoms with van der Waals surface area (Å²) in [6, 6.07) is 7.90. The van der Waals surface area contributed by atoms with Crippen LogP contribution >= 0.6 is 11.3 Å². The van der Waals surface area contributed by atoms with Gasteiger partial charge in [-0.3, -0.25) is 0 Å². The van der Waals surface area contributed by atoms with Gasteiger partial charge in [0.1, 0.15) is 0 Å². The zero-order chi connectivity index (χ0) is 14.8. The molecule has 114 valence electrons. The fourth-order valence-corrected chi connectivity index (χ4v) is 3.90.